The number of aromatic nitrogens is 1. The van der Waals surface area contributed by atoms with Crippen molar-refractivity contribution in [1.82, 2.24) is 9.47 Å². The molecule has 0 unspecified atom stereocenters. The van der Waals surface area contributed by atoms with Gasteiger partial charge in [-0.1, -0.05) is 6.07 Å². The summed E-state index contributed by atoms with van der Waals surface area (Å²) in [5, 5.41) is 2.63. The molecule has 2 aromatic rings. The van der Waals surface area contributed by atoms with Crippen LogP contribution in [-0.2, 0) is 11.3 Å². The first-order valence-electron chi connectivity index (χ1n) is 8.19. The van der Waals surface area contributed by atoms with E-state index < -0.39 is 5.82 Å². The van der Waals surface area contributed by atoms with Crippen LogP contribution < -0.4 is 10.9 Å². The van der Waals surface area contributed by atoms with Gasteiger partial charge in [-0.15, -0.1) is 0 Å². The van der Waals surface area contributed by atoms with Crippen LogP contribution in [0.15, 0.2) is 47.4 Å². The quantitative estimate of drug-likeness (QED) is 0.894. The fraction of sp³-hybridized carbons (Fsp3) is 0.333. The number of pyridine rings is 1. The van der Waals surface area contributed by atoms with E-state index in [4.69, 9.17) is 4.74 Å². The summed E-state index contributed by atoms with van der Waals surface area (Å²) in [6, 6.07) is 8.53. The number of nitrogens with zero attached hydrogens (tertiary/aromatic N) is 2. The average molecular weight is 345 g/mol. The minimum atomic E-state index is -0.423. The molecule has 3 rings (SSSR count). The fourth-order valence-corrected chi connectivity index (χ4v) is 2.68. The van der Waals surface area contributed by atoms with Crippen molar-refractivity contribution < 1.29 is 13.9 Å². The minimum absolute atomic E-state index is 0.157. The van der Waals surface area contributed by atoms with Gasteiger partial charge in [-0.2, -0.15) is 0 Å². The van der Waals surface area contributed by atoms with Crippen LogP contribution in [-0.4, -0.2) is 48.2 Å². The second kappa shape index (κ2) is 8.04. The first kappa shape index (κ1) is 17.3. The molecule has 1 aliphatic rings. The van der Waals surface area contributed by atoms with Crippen molar-refractivity contribution in [1.29, 1.82) is 0 Å². The summed E-state index contributed by atoms with van der Waals surface area (Å²) < 4.78 is 20.0. The normalized spacial score (nSPS) is 15.1. The van der Waals surface area contributed by atoms with E-state index in [0.29, 0.717) is 31.0 Å². The molecule has 1 aromatic heterocycles. The average Bonchev–Trinajstić information content (AvgIpc) is 2.62. The monoisotopic (exact) mass is 345 g/mol. The highest BCUT2D eigenvalue weighted by Crippen LogP contribution is 2.11. The van der Waals surface area contributed by atoms with E-state index in [2.05, 4.69) is 10.2 Å². The molecule has 1 aliphatic heterocycles. The zero-order chi connectivity index (χ0) is 17.6. The Hall–Kier alpha value is -2.51. The number of anilines is 1. The summed E-state index contributed by atoms with van der Waals surface area (Å²) >= 11 is 0. The molecular formula is C18H20FN3O3. The van der Waals surface area contributed by atoms with Crippen LogP contribution in [0.1, 0.15) is 10.4 Å². The Bertz CT molecular complexity index is 800. The molecule has 0 atom stereocenters. The summed E-state index contributed by atoms with van der Waals surface area (Å²) in [6.45, 7) is 4.30. The Morgan fingerprint density at radius 3 is 2.72 bits per heavy atom. The van der Waals surface area contributed by atoms with Gasteiger partial charge in [0.25, 0.3) is 11.5 Å². The second-order valence-corrected chi connectivity index (χ2v) is 5.87. The van der Waals surface area contributed by atoms with Crippen molar-refractivity contribution in [3.63, 3.8) is 0 Å². The molecule has 1 fully saturated rings. The number of nitrogens with one attached hydrogen (secondary N) is 1. The lowest BCUT2D eigenvalue weighted by Gasteiger charge is -2.26. The fourth-order valence-electron chi connectivity index (χ4n) is 2.68. The first-order valence-corrected chi connectivity index (χ1v) is 8.19. The van der Waals surface area contributed by atoms with E-state index in [0.717, 1.165) is 19.6 Å². The van der Waals surface area contributed by atoms with Crippen molar-refractivity contribution in [2.24, 2.45) is 0 Å². The number of carbonyl (C=O) groups excluding carboxylic acids is 1. The van der Waals surface area contributed by atoms with E-state index in [1.165, 1.54) is 41.1 Å². The SMILES string of the molecule is O=C(Nc1cccc(F)c1)c1ccc(=O)n(CCN2CCOCC2)c1. The van der Waals surface area contributed by atoms with E-state index in [1.54, 1.807) is 6.07 Å². The van der Waals surface area contributed by atoms with Crippen LogP contribution in [0.25, 0.3) is 0 Å². The molecule has 0 aliphatic carbocycles. The van der Waals surface area contributed by atoms with Crippen molar-refractivity contribution >= 4 is 11.6 Å². The van der Waals surface area contributed by atoms with Crippen molar-refractivity contribution in [2.45, 2.75) is 6.54 Å². The maximum atomic E-state index is 13.2. The highest BCUT2D eigenvalue weighted by Gasteiger charge is 2.12. The summed E-state index contributed by atoms with van der Waals surface area (Å²) in [6.07, 6.45) is 1.54. The number of hydrogen-bond donors (Lipinski definition) is 1. The van der Waals surface area contributed by atoms with Crippen LogP contribution in [0, 0.1) is 5.82 Å². The molecule has 2 heterocycles. The maximum absolute atomic E-state index is 13.2. The van der Waals surface area contributed by atoms with Crippen LogP contribution in [0.4, 0.5) is 10.1 Å². The van der Waals surface area contributed by atoms with Gasteiger partial charge in [0.05, 0.1) is 18.8 Å². The van der Waals surface area contributed by atoms with Gasteiger partial charge in [0.2, 0.25) is 0 Å². The topological polar surface area (TPSA) is 63.6 Å². The number of halogens is 1. The number of carbonyl (C=O) groups is 1. The van der Waals surface area contributed by atoms with Gasteiger partial charge >= 0.3 is 0 Å². The number of amides is 1. The highest BCUT2D eigenvalue weighted by atomic mass is 19.1. The predicted octanol–water partition coefficient (Wildman–Crippen LogP) is 1.57. The third kappa shape index (κ3) is 4.74. The van der Waals surface area contributed by atoms with Gasteiger partial charge in [-0.05, 0) is 24.3 Å². The van der Waals surface area contributed by atoms with E-state index in [-0.39, 0.29) is 11.5 Å². The van der Waals surface area contributed by atoms with E-state index in [1.807, 2.05) is 0 Å². The van der Waals surface area contributed by atoms with E-state index in [9.17, 15) is 14.0 Å². The van der Waals surface area contributed by atoms with Crippen LogP contribution in [0.2, 0.25) is 0 Å². The molecule has 0 spiro atoms. The lowest BCUT2D eigenvalue weighted by atomic mass is 10.2. The molecular weight excluding hydrogens is 325 g/mol. The number of ether oxygens (including phenoxy) is 1. The number of morpholine rings is 1. The van der Waals surface area contributed by atoms with E-state index >= 15 is 0 Å². The molecule has 0 radical (unpaired) electrons. The molecule has 6 nitrogen and oxygen atoms in total. The Morgan fingerprint density at radius 1 is 1.16 bits per heavy atom. The Kier molecular flexibility index (Phi) is 5.57. The maximum Gasteiger partial charge on any atom is 0.257 e. The number of rotatable bonds is 5. The smallest absolute Gasteiger partial charge is 0.257 e. The molecule has 1 aromatic carbocycles. The summed E-state index contributed by atoms with van der Waals surface area (Å²) in [7, 11) is 0. The molecule has 0 bridgehead atoms. The summed E-state index contributed by atoms with van der Waals surface area (Å²) in [5.74, 6) is -0.806. The van der Waals surface area contributed by atoms with Crippen molar-refractivity contribution in [2.75, 3.05) is 38.2 Å². The molecule has 1 saturated heterocycles. The van der Waals surface area contributed by atoms with Gasteiger partial charge in [-0.3, -0.25) is 14.5 Å². The molecule has 25 heavy (non-hydrogen) atoms. The highest BCUT2D eigenvalue weighted by molar-refractivity contribution is 6.04. The van der Waals surface area contributed by atoms with Crippen molar-refractivity contribution in [3.05, 3.63) is 64.3 Å². The minimum Gasteiger partial charge on any atom is -0.379 e. The number of benzene rings is 1. The van der Waals surface area contributed by atoms with Gasteiger partial charge in [-0.25, -0.2) is 4.39 Å². The lowest BCUT2D eigenvalue weighted by Crippen LogP contribution is -2.39. The molecule has 132 valence electrons. The van der Waals surface area contributed by atoms with Crippen LogP contribution in [0.3, 0.4) is 0 Å². The van der Waals surface area contributed by atoms with Crippen molar-refractivity contribution in [3.8, 4) is 0 Å². The molecule has 7 heteroatoms. The Morgan fingerprint density at radius 2 is 1.96 bits per heavy atom. The Balaban J connectivity index is 1.67. The standard InChI is InChI=1S/C18H20FN3O3/c19-15-2-1-3-16(12-15)20-18(24)14-4-5-17(23)22(13-14)7-6-21-8-10-25-11-9-21/h1-5,12-13H,6-11H2,(H,20,24). The molecule has 1 amide bonds. The lowest BCUT2D eigenvalue weighted by molar-refractivity contribution is 0.0363. The summed E-state index contributed by atoms with van der Waals surface area (Å²) in [4.78, 5) is 26.5. The third-order valence-corrected chi connectivity index (χ3v) is 4.09. The molecule has 1 N–H and O–H groups in total. The van der Waals surface area contributed by atoms with Gasteiger partial charge in [0.15, 0.2) is 0 Å². The van der Waals surface area contributed by atoms with Gasteiger partial charge in [0.1, 0.15) is 5.82 Å². The van der Waals surface area contributed by atoms with Gasteiger partial charge in [0, 0.05) is 44.1 Å². The second-order valence-electron chi connectivity index (χ2n) is 5.87. The van der Waals surface area contributed by atoms with Crippen LogP contribution in [0.5, 0.6) is 0 Å². The third-order valence-electron chi connectivity index (χ3n) is 4.09. The van der Waals surface area contributed by atoms with Crippen LogP contribution >= 0.6 is 0 Å². The summed E-state index contributed by atoms with van der Waals surface area (Å²) in [5.41, 5.74) is 0.567. The Labute approximate surface area is 144 Å². The first-order chi connectivity index (χ1) is 12.1. The largest absolute Gasteiger partial charge is 0.379 e. The molecule has 0 saturated carbocycles. The number of hydrogen-bond acceptors (Lipinski definition) is 4. The predicted molar refractivity (Wildman–Crippen MR) is 92.3 cm³/mol. The van der Waals surface area contributed by atoms with Gasteiger partial charge < -0.3 is 14.6 Å². The zero-order valence-electron chi connectivity index (χ0n) is 13.8. The zero-order valence-corrected chi connectivity index (χ0v) is 13.8.